The lowest BCUT2D eigenvalue weighted by molar-refractivity contribution is -0.136. The molecular formula is C27H24F3NO. The van der Waals surface area contributed by atoms with Gasteiger partial charge in [-0.3, -0.25) is 4.98 Å². The second kappa shape index (κ2) is 9.43. The van der Waals surface area contributed by atoms with Gasteiger partial charge in [0.05, 0.1) is 11.1 Å². The molecule has 0 radical (unpaired) electrons. The predicted molar refractivity (Wildman–Crippen MR) is 122 cm³/mol. The van der Waals surface area contributed by atoms with Gasteiger partial charge >= 0.3 is 6.18 Å². The van der Waals surface area contributed by atoms with Crippen molar-refractivity contribution in [2.24, 2.45) is 0 Å². The first kappa shape index (κ1) is 21.9. The van der Waals surface area contributed by atoms with E-state index in [0.717, 1.165) is 37.3 Å². The molecule has 0 atom stereocenters. The molecule has 2 nitrogen and oxygen atoms in total. The minimum Gasteiger partial charge on any atom is -0.508 e. The van der Waals surface area contributed by atoms with Gasteiger partial charge in [-0.25, -0.2) is 0 Å². The van der Waals surface area contributed by atoms with Crippen molar-refractivity contribution in [3.05, 3.63) is 95.7 Å². The maximum absolute atomic E-state index is 13.6. The van der Waals surface area contributed by atoms with Crippen molar-refractivity contribution in [3.8, 4) is 16.9 Å². The number of benzene rings is 3. The number of hydrogen-bond acceptors (Lipinski definition) is 2. The van der Waals surface area contributed by atoms with Gasteiger partial charge in [-0.2, -0.15) is 13.2 Å². The monoisotopic (exact) mass is 435 g/mol. The molecule has 4 aromatic rings. The van der Waals surface area contributed by atoms with Crippen LogP contribution < -0.4 is 0 Å². The van der Waals surface area contributed by atoms with Gasteiger partial charge < -0.3 is 5.11 Å². The lowest BCUT2D eigenvalue weighted by Crippen LogP contribution is -2.07. The summed E-state index contributed by atoms with van der Waals surface area (Å²) in [4.78, 5) is 4.22. The molecule has 0 fully saturated rings. The summed E-state index contributed by atoms with van der Waals surface area (Å²) >= 11 is 0. The number of unbranched alkanes of at least 4 members (excludes halogenated alkanes) is 2. The van der Waals surface area contributed by atoms with Gasteiger partial charge in [0.2, 0.25) is 0 Å². The Bertz CT molecular complexity index is 1200. The van der Waals surface area contributed by atoms with E-state index in [1.165, 1.54) is 11.6 Å². The fourth-order valence-corrected chi connectivity index (χ4v) is 4.15. The minimum absolute atomic E-state index is 0.0637. The van der Waals surface area contributed by atoms with Crippen LogP contribution in [0.3, 0.4) is 0 Å². The van der Waals surface area contributed by atoms with Crippen LogP contribution in [0.25, 0.3) is 22.0 Å². The molecule has 1 N–H and O–H groups in total. The summed E-state index contributed by atoms with van der Waals surface area (Å²) in [7, 11) is 0. The molecule has 1 aromatic heterocycles. The molecule has 5 heteroatoms. The number of rotatable bonds is 7. The molecule has 1 heterocycles. The molecule has 0 saturated carbocycles. The highest BCUT2D eigenvalue weighted by Crippen LogP contribution is 2.39. The molecule has 0 saturated heterocycles. The topological polar surface area (TPSA) is 33.1 Å². The third-order valence-electron chi connectivity index (χ3n) is 5.67. The summed E-state index contributed by atoms with van der Waals surface area (Å²) in [5.41, 5.74) is 2.79. The van der Waals surface area contributed by atoms with Crippen LogP contribution in [-0.4, -0.2) is 10.1 Å². The number of aromatic nitrogens is 1. The molecule has 0 aliphatic carbocycles. The average molecular weight is 435 g/mol. The number of nitrogens with zero attached hydrogens (tertiary/aromatic N) is 1. The molecule has 0 spiro atoms. The zero-order valence-electron chi connectivity index (χ0n) is 17.6. The molecule has 4 rings (SSSR count). The third kappa shape index (κ3) is 4.93. The highest BCUT2D eigenvalue weighted by molar-refractivity contribution is 5.98. The Morgan fingerprint density at radius 1 is 0.781 bits per heavy atom. The quantitative estimate of drug-likeness (QED) is 0.304. The highest BCUT2D eigenvalue weighted by atomic mass is 19.4. The standard InChI is InChI=1S/C27H24F3NO/c28-27(29,30)24-16-8-15-23-25(20-13-7-14-22(32)17-20)21(18-31-26(23)24)12-6-2-5-11-19-9-3-1-4-10-19/h1,3-4,7-10,13-18,32H,2,5-6,11-12H2. The first-order valence-electron chi connectivity index (χ1n) is 10.7. The number of fused-ring (bicyclic) bond motifs is 1. The maximum atomic E-state index is 13.6. The molecule has 0 unspecified atom stereocenters. The number of aryl methyl sites for hydroxylation is 2. The first-order valence-corrected chi connectivity index (χ1v) is 10.7. The summed E-state index contributed by atoms with van der Waals surface area (Å²) in [6, 6.07) is 21.1. The normalized spacial score (nSPS) is 11.7. The van der Waals surface area contributed by atoms with Crippen molar-refractivity contribution >= 4 is 10.9 Å². The van der Waals surface area contributed by atoms with E-state index in [9.17, 15) is 18.3 Å². The number of phenolic OH excluding ortho intramolecular Hbond substituents is 1. The molecular weight excluding hydrogens is 411 g/mol. The predicted octanol–water partition coefficient (Wildman–Crippen LogP) is 7.58. The van der Waals surface area contributed by atoms with E-state index in [1.807, 2.05) is 24.3 Å². The van der Waals surface area contributed by atoms with Crippen LogP contribution in [0.2, 0.25) is 0 Å². The van der Waals surface area contributed by atoms with Crippen LogP contribution in [0.4, 0.5) is 13.2 Å². The zero-order chi connectivity index (χ0) is 22.6. The molecule has 164 valence electrons. The van der Waals surface area contributed by atoms with Crippen molar-refractivity contribution in [1.82, 2.24) is 4.98 Å². The van der Waals surface area contributed by atoms with Crippen LogP contribution in [0, 0.1) is 0 Å². The van der Waals surface area contributed by atoms with Gasteiger partial charge in [-0.15, -0.1) is 0 Å². The van der Waals surface area contributed by atoms with Crippen LogP contribution in [-0.2, 0) is 19.0 Å². The van der Waals surface area contributed by atoms with Crippen molar-refractivity contribution in [1.29, 1.82) is 0 Å². The van der Waals surface area contributed by atoms with E-state index in [1.54, 1.807) is 30.5 Å². The van der Waals surface area contributed by atoms with Crippen LogP contribution in [0.5, 0.6) is 5.75 Å². The summed E-state index contributed by atoms with van der Waals surface area (Å²) in [5.74, 6) is 0.0771. The van der Waals surface area contributed by atoms with Gasteiger partial charge in [0, 0.05) is 11.6 Å². The molecule has 32 heavy (non-hydrogen) atoms. The Labute approximate surface area is 185 Å². The molecule has 0 bridgehead atoms. The van der Waals surface area contributed by atoms with Gasteiger partial charge in [-0.1, -0.05) is 61.0 Å². The smallest absolute Gasteiger partial charge is 0.418 e. The van der Waals surface area contributed by atoms with Crippen LogP contribution >= 0.6 is 0 Å². The van der Waals surface area contributed by atoms with Gasteiger partial charge in [0.25, 0.3) is 0 Å². The Morgan fingerprint density at radius 2 is 1.53 bits per heavy atom. The minimum atomic E-state index is -4.48. The van der Waals surface area contributed by atoms with Gasteiger partial charge in [-0.05, 0) is 66.1 Å². The fourth-order valence-electron chi connectivity index (χ4n) is 4.15. The summed E-state index contributed by atoms with van der Waals surface area (Å²) in [6.45, 7) is 0. The summed E-state index contributed by atoms with van der Waals surface area (Å²) in [6.07, 6.45) is 1.75. The zero-order valence-corrected chi connectivity index (χ0v) is 17.6. The van der Waals surface area contributed by atoms with Crippen molar-refractivity contribution in [2.45, 2.75) is 38.3 Å². The lowest BCUT2D eigenvalue weighted by Gasteiger charge is -2.16. The van der Waals surface area contributed by atoms with E-state index < -0.39 is 11.7 Å². The van der Waals surface area contributed by atoms with E-state index in [0.29, 0.717) is 22.9 Å². The Balaban J connectivity index is 1.63. The molecule has 3 aromatic carbocycles. The van der Waals surface area contributed by atoms with E-state index in [-0.39, 0.29) is 11.3 Å². The van der Waals surface area contributed by atoms with Gasteiger partial charge in [0.15, 0.2) is 0 Å². The second-order valence-corrected chi connectivity index (χ2v) is 7.95. The fraction of sp³-hybridized carbons (Fsp3) is 0.222. The van der Waals surface area contributed by atoms with E-state index >= 15 is 0 Å². The summed E-state index contributed by atoms with van der Waals surface area (Å²) < 4.78 is 40.7. The third-order valence-corrected chi connectivity index (χ3v) is 5.67. The average Bonchev–Trinajstić information content (AvgIpc) is 2.78. The Kier molecular flexibility index (Phi) is 6.45. The van der Waals surface area contributed by atoms with Crippen molar-refractivity contribution in [2.75, 3.05) is 0 Å². The number of hydrogen-bond donors (Lipinski definition) is 1. The summed E-state index contributed by atoms with van der Waals surface area (Å²) in [5, 5.41) is 10.4. The van der Waals surface area contributed by atoms with Crippen LogP contribution in [0.15, 0.2) is 79.0 Å². The van der Waals surface area contributed by atoms with Crippen LogP contribution in [0.1, 0.15) is 36.0 Å². The van der Waals surface area contributed by atoms with Crippen molar-refractivity contribution in [3.63, 3.8) is 0 Å². The van der Waals surface area contributed by atoms with Crippen molar-refractivity contribution < 1.29 is 18.3 Å². The number of pyridine rings is 1. The Morgan fingerprint density at radius 3 is 2.28 bits per heavy atom. The number of alkyl halides is 3. The molecule has 0 aliphatic heterocycles. The maximum Gasteiger partial charge on any atom is 0.418 e. The lowest BCUT2D eigenvalue weighted by atomic mass is 9.92. The largest absolute Gasteiger partial charge is 0.508 e. The Hall–Kier alpha value is -3.34. The first-order chi connectivity index (χ1) is 15.4. The second-order valence-electron chi connectivity index (χ2n) is 7.95. The number of aromatic hydroxyl groups is 1. The SMILES string of the molecule is Oc1cccc(-c2c(CCCCCc3ccccc3)cnc3c(C(F)(F)F)cccc23)c1. The van der Waals surface area contributed by atoms with E-state index in [2.05, 4.69) is 17.1 Å². The highest BCUT2D eigenvalue weighted by Gasteiger charge is 2.33. The molecule has 0 amide bonds. The van der Waals surface area contributed by atoms with Gasteiger partial charge in [0.1, 0.15) is 5.75 Å². The number of para-hydroxylation sites is 1. The molecule has 0 aliphatic rings. The number of halogens is 3. The van der Waals surface area contributed by atoms with E-state index in [4.69, 9.17) is 0 Å². The number of phenols is 1.